The first kappa shape index (κ1) is 15.0. The number of rotatable bonds is 1. The number of para-hydroxylation sites is 1. The molecule has 1 heterocycles. The molecule has 0 aromatic heterocycles. The topological polar surface area (TPSA) is 20.3 Å². The standard InChI is InChI=1S/C11H12ClNO.C4H10/c12-8-11(14)13-7-3-5-9-4-1-2-6-10(9)13;1-4(2)3/h1-2,4,6H,3,5,7-8H2;4H,1-3H3. The smallest absolute Gasteiger partial charge is 0.241 e. The Kier molecular flexibility index (Phi) is 6.20. The van der Waals surface area contributed by atoms with Crippen LogP contribution in [0.2, 0.25) is 0 Å². The van der Waals surface area contributed by atoms with E-state index in [0.717, 1.165) is 31.0 Å². The van der Waals surface area contributed by atoms with Gasteiger partial charge in [-0.25, -0.2) is 0 Å². The highest BCUT2D eigenvalue weighted by Crippen LogP contribution is 2.26. The van der Waals surface area contributed by atoms with Crippen molar-refractivity contribution in [2.75, 3.05) is 17.3 Å². The number of hydrogen-bond donors (Lipinski definition) is 0. The third kappa shape index (κ3) is 4.34. The molecule has 3 heteroatoms. The van der Waals surface area contributed by atoms with Gasteiger partial charge in [0.25, 0.3) is 0 Å². The molecule has 1 aliphatic heterocycles. The van der Waals surface area contributed by atoms with E-state index in [1.165, 1.54) is 5.56 Å². The highest BCUT2D eigenvalue weighted by atomic mass is 35.5. The van der Waals surface area contributed by atoms with Crippen LogP contribution in [0.5, 0.6) is 0 Å². The summed E-state index contributed by atoms with van der Waals surface area (Å²) < 4.78 is 0. The molecule has 0 saturated heterocycles. The van der Waals surface area contributed by atoms with Crippen molar-refractivity contribution in [3.8, 4) is 0 Å². The van der Waals surface area contributed by atoms with Gasteiger partial charge in [-0.1, -0.05) is 39.0 Å². The number of amides is 1. The monoisotopic (exact) mass is 267 g/mol. The molecule has 2 nitrogen and oxygen atoms in total. The predicted molar refractivity (Wildman–Crippen MR) is 78.3 cm³/mol. The fourth-order valence-electron chi connectivity index (χ4n) is 1.86. The van der Waals surface area contributed by atoms with Gasteiger partial charge in [0.15, 0.2) is 0 Å². The van der Waals surface area contributed by atoms with Crippen molar-refractivity contribution in [2.45, 2.75) is 33.6 Å². The molecule has 1 aromatic rings. The maximum atomic E-state index is 11.5. The number of nitrogens with zero attached hydrogens (tertiary/aromatic N) is 1. The molecule has 0 radical (unpaired) electrons. The zero-order valence-electron chi connectivity index (χ0n) is 11.4. The Balaban J connectivity index is 0.000000357. The Bertz CT molecular complexity index is 387. The Morgan fingerprint density at radius 2 is 1.94 bits per heavy atom. The zero-order chi connectivity index (χ0) is 13.5. The molecule has 1 aromatic carbocycles. The van der Waals surface area contributed by atoms with E-state index >= 15 is 0 Å². The van der Waals surface area contributed by atoms with Crippen LogP contribution < -0.4 is 4.90 Å². The molecule has 1 amide bonds. The van der Waals surface area contributed by atoms with Crippen molar-refractivity contribution < 1.29 is 4.79 Å². The van der Waals surface area contributed by atoms with Crippen LogP contribution >= 0.6 is 11.6 Å². The molecule has 0 spiro atoms. The number of aryl methyl sites for hydroxylation is 1. The summed E-state index contributed by atoms with van der Waals surface area (Å²) in [6.45, 7) is 7.29. The molecule has 0 aliphatic carbocycles. The van der Waals surface area contributed by atoms with Crippen LogP contribution in [0.4, 0.5) is 5.69 Å². The van der Waals surface area contributed by atoms with E-state index in [-0.39, 0.29) is 11.8 Å². The number of anilines is 1. The predicted octanol–water partition coefficient (Wildman–Crippen LogP) is 3.87. The summed E-state index contributed by atoms with van der Waals surface area (Å²) >= 11 is 5.56. The van der Waals surface area contributed by atoms with Gasteiger partial charge in [-0.05, 0) is 30.4 Å². The average Bonchev–Trinajstić information content (AvgIpc) is 2.36. The number of benzene rings is 1. The summed E-state index contributed by atoms with van der Waals surface area (Å²) in [7, 11) is 0. The number of hydrogen-bond acceptors (Lipinski definition) is 1. The highest BCUT2D eigenvalue weighted by molar-refractivity contribution is 6.29. The first-order valence-corrected chi connectivity index (χ1v) is 7.04. The summed E-state index contributed by atoms with van der Waals surface area (Å²) in [5.41, 5.74) is 2.28. The average molecular weight is 268 g/mol. The maximum Gasteiger partial charge on any atom is 0.241 e. The van der Waals surface area contributed by atoms with Crippen LogP contribution in [0.3, 0.4) is 0 Å². The number of carbonyl (C=O) groups is 1. The fourth-order valence-corrected chi connectivity index (χ4v) is 2.01. The molecule has 0 unspecified atom stereocenters. The molecule has 0 N–H and O–H groups in total. The van der Waals surface area contributed by atoms with Crippen LogP contribution in [0.25, 0.3) is 0 Å². The normalized spacial score (nSPS) is 13.7. The number of fused-ring (bicyclic) bond motifs is 1. The molecule has 0 fully saturated rings. The molecule has 18 heavy (non-hydrogen) atoms. The molecular formula is C15H22ClNO. The van der Waals surface area contributed by atoms with E-state index in [1.54, 1.807) is 4.90 Å². The van der Waals surface area contributed by atoms with E-state index in [1.807, 2.05) is 18.2 Å². The van der Waals surface area contributed by atoms with Crippen LogP contribution in [0, 0.1) is 5.92 Å². The lowest BCUT2D eigenvalue weighted by Crippen LogP contribution is -2.36. The lowest BCUT2D eigenvalue weighted by molar-refractivity contribution is -0.116. The molecular weight excluding hydrogens is 246 g/mol. The third-order valence-electron chi connectivity index (χ3n) is 2.53. The van der Waals surface area contributed by atoms with Gasteiger partial charge in [0, 0.05) is 12.2 Å². The first-order chi connectivity index (χ1) is 8.56. The second-order valence-corrected chi connectivity index (χ2v) is 5.41. The number of carbonyl (C=O) groups excluding carboxylic acids is 1. The van der Waals surface area contributed by atoms with E-state index in [2.05, 4.69) is 26.8 Å². The first-order valence-electron chi connectivity index (χ1n) is 6.50. The van der Waals surface area contributed by atoms with Gasteiger partial charge in [0.2, 0.25) is 5.91 Å². The second-order valence-electron chi connectivity index (χ2n) is 5.14. The Morgan fingerprint density at radius 3 is 2.56 bits per heavy atom. The number of halogens is 1. The van der Waals surface area contributed by atoms with Crippen LogP contribution in [-0.4, -0.2) is 18.3 Å². The lowest BCUT2D eigenvalue weighted by Gasteiger charge is -2.28. The second kappa shape index (κ2) is 7.42. The van der Waals surface area contributed by atoms with Crippen molar-refractivity contribution in [2.24, 2.45) is 5.92 Å². The van der Waals surface area contributed by atoms with Crippen molar-refractivity contribution in [1.29, 1.82) is 0 Å². The summed E-state index contributed by atoms with van der Waals surface area (Å²) in [5, 5.41) is 0. The van der Waals surface area contributed by atoms with Gasteiger partial charge in [0.05, 0.1) is 0 Å². The fraction of sp³-hybridized carbons (Fsp3) is 0.533. The Hall–Kier alpha value is -1.02. The Morgan fingerprint density at radius 1 is 1.33 bits per heavy atom. The van der Waals surface area contributed by atoms with Crippen molar-refractivity contribution in [3.63, 3.8) is 0 Å². The molecule has 0 saturated carbocycles. The zero-order valence-corrected chi connectivity index (χ0v) is 12.2. The van der Waals surface area contributed by atoms with Gasteiger partial charge in [-0.2, -0.15) is 0 Å². The van der Waals surface area contributed by atoms with Crippen molar-refractivity contribution >= 4 is 23.2 Å². The van der Waals surface area contributed by atoms with E-state index in [0.29, 0.717) is 0 Å². The van der Waals surface area contributed by atoms with Gasteiger partial charge >= 0.3 is 0 Å². The Labute approximate surface area is 115 Å². The summed E-state index contributed by atoms with van der Waals surface area (Å²) in [6, 6.07) is 8.02. The highest BCUT2D eigenvalue weighted by Gasteiger charge is 2.20. The molecule has 0 atom stereocenters. The minimum absolute atomic E-state index is 0.00110. The minimum atomic E-state index is -0.00110. The van der Waals surface area contributed by atoms with Gasteiger partial charge < -0.3 is 4.90 Å². The summed E-state index contributed by atoms with van der Waals surface area (Å²) in [6.07, 6.45) is 2.09. The van der Waals surface area contributed by atoms with E-state index in [4.69, 9.17) is 11.6 Å². The van der Waals surface area contributed by atoms with Crippen molar-refractivity contribution in [1.82, 2.24) is 0 Å². The minimum Gasteiger partial charge on any atom is -0.311 e. The van der Waals surface area contributed by atoms with Crippen LogP contribution in [-0.2, 0) is 11.2 Å². The van der Waals surface area contributed by atoms with Gasteiger partial charge in [-0.3, -0.25) is 4.79 Å². The SMILES string of the molecule is CC(C)C.O=C(CCl)N1CCCc2ccccc21. The number of alkyl halides is 1. The third-order valence-corrected chi connectivity index (χ3v) is 2.75. The van der Waals surface area contributed by atoms with E-state index in [9.17, 15) is 4.79 Å². The molecule has 1 aliphatic rings. The lowest BCUT2D eigenvalue weighted by atomic mass is 10.0. The van der Waals surface area contributed by atoms with E-state index < -0.39 is 0 Å². The quantitative estimate of drug-likeness (QED) is 0.708. The summed E-state index contributed by atoms with van der Waals surface area (Å²) in [5.74, 6) is 0.896. The summed E-state index contributed by atoms with van der Waals surface area (Å²) in [4.78, 5) is 13.3. The largest absolute Gasteiger partial charge is 0.311 e. The molecule has 100 valence electrons. The van der Waals surface area contributed by atoms with Gasteiger partial charge in [-0.15, -0.1) is 11.6 Å². The van der Waals surface area contributed by atoms with Crippen LogP contribution in [0.1, 0.15) is 32.8 Å². The van der Waals surface area contributed by atoms with Crippen molar-refractivity contribution in [3.05, 3.63) is 29.8 Å². The van der Waals surface area contributed by atoms with Gasteiger partial charge in [0.1, 0.15) is 5.88 Å². The molecule has 0 bridgehead atoms. The van der Waals surface area contributed by atoms with Crippen LogP contribution in [0.15, 0.2) is 24.3 Å². The maximum absolute atomic E-state index is 11.5. The molecule has 2 rings (SSSR count).